The molecule has 0 saturated heterocycles. The minimum absolute atomic E-state index is 0.454. The number of hydrogen-bond donors (Lipinski definition) is 1. The predicted molar refractivity (Wildman–Crippen MR) is 80.2 cm³/mol. The van der Waals surface area contributed by atoms with Gasteiger partial charge in [-0.15, -0.1) is 0 Å². The third-order valence-electron chi connectivity index (χ3n) is 3.29. The van der Waals surface area contributed by atoms with Crippen molar-refractivity contribution in [2.24, 2.45) is 0 Å². The second-order valence-electron chi connectivity index (χ2n) is 4.74. The first-order chi connectivity index (χ1) is 9.76. The molecule has 0 amide bonds. The molecule has 0 aliphatic carbocycles. The SMILES string of the molecule is CNc1ccn2c(COc3ccc(C)cc3)ncc2c1. The summed E-state index contributed by atoms with van der Waals surface area (Å²) in [4.78, 5) is 4.41. The average molecular weight is 267 g/mol. The Bertz CT molecular complexity index is 716. The lowest BCUT2D eigenvalue weighted by Crippen LogP contribution is -2.01. The van der Waals surface area contributed by atoms with Gasteiger partial charge in [0.15, 0.2) is 5.82 Å². The fourth-order valence-electron chi connectivity index (χ4n) is 2.10. The van der Waals surface area contributed by atoms with Crippen LogP contribution >= 0.6 is 0 Å². The van der Waals surface area contributed by atoms with Crippen molar-refractivity contribution in [1.82, 2.24) is 9.38 Å². The summed E-state index contributed by atoms with van der Waals surface area (Å²) in [5.41, 5.74) is 3.35. The van der Waals surface area contributed by atoms with Crippen molar-refractivity contribution in [2.75, 3.05) is 12.4 Å². The molecule has 0 radical (unpaired) electrons. The van der Waals surface area contributed by atoms with Gasteiger partial charge in [-0.3, -0.25) is 0 Å². The van der Waals surface area contributed by atoms with Crippen LogP contribution in [-0.4, -0.2) is 16.4 Å². The quantitative estimate of drug-likeness (QED) is 0.788. The second kappa shape index (κ2) is 5.25. The number of rotatable bonds is 4. The van der Waals surface area contributed by atoms with E-state index in [2.05, 4.69) is 23.3 Å². The van der Waals surface area contributed by atoms with E-state index >= 15 is 0 Å². The van der Waals surface area contributed by atoms with Crippen molar-refractivity contribution in [3.05, 3.63) is 60.2 Å². The Morgan fingerprint density at radius 2 is 2.00 bits per heavy atom. The standard InChI is InChI=1S/C16H17N3O/c1-12-3-5-15(6-4-12)20-11-16-18-10-14-9-13(17-2)7-8-19(14)16/h3-10,17H,11H2,1-2H3. The van der Waals surface area contributed by atoms with Gasteiger partial charge in [0.05, 0.1) is 11.7 Å². The average Bonchev–Trinajstić information content (AvgIpc) is 2.89. The molecule has 3 aromatic rings. The van der Waals surface area contributed by atoms with E-state index in [9.17, 15) is 0 Å². The lowest BCUT2D eigenvalue weighted by atomic mass is 10.2. The Morgan fingerprint density at radius 1 is 1.20 bits per heavy atom. The summed E-state index contributed by atoms with van der Waals surface area (Å²) >= 11 is 0. The lowest BCUT2D eigenvalue weighted by molar-refractivity contribution is 0.295. The first-order valence-corrected chi connectivity index (χ1v) is 6.59. The van der Waals surface area contributed by atoms with Gasteiger partial charge in [-0.05, 0) is 31.2 Å². The van der Waals surface area contributed by atoms with Crippen LogP contribution in [0.1, 0.15) is 11.4 Å². The number of aromatic nitrogens is 2. The summed E-state index contributed by atoms with van der Waals surface area (Å²) in [6.45, 7) is 2.52. The van der Waals surface area contributed by atoms with Gasteiger partial charge in [0.25, 0.3) is 0 Å². The highest BCUT2D eigenvalue weighted by molar-refractivity contribution is 5.57. The molecule has 0 bridgehead atoms. The Balaban J connectivity index is 1.79. The van der Waals surface area contributed by atoms with Crippen LogP contribution in [-0.2, 0) is 6.61 Å². The van der Waals surface area contributed by atoms with Crippen LogP contribution in [0, 0.1) is 6.92 Å². The van der Waals surface area contributed by atoms with E-state index in [1.165, 1.54) is 5.56 Å². The van der Waals surface area contributed by atoms with E-state index in [0.717, 1.165) is 22.8 Å². The summed E-state index contributed by atoms with van der Waals surface area (Å²) in [6.07, 6.45) is 3.86. The minimum Gasteiger partial charge on any atom is -0.486 e. The van der Waals surface area contributed by atoms with Crippen molar-refractivity contribution in [3.63, 3.8) is 0 Å². The van der Waals surface area contributed by atoms with Crippen molar-refractivity contribution in [2.45, 2.75) is 13.5 Å². The summed E-state index contributed by atoms with van der Waals surface area (Å²) < 4.78 is 7.81. The third-order valence-corrected chi connectivity index (χ3v) is 3.29. The molecule has 0 aliphatic rings. The van der Waals surface area contributed by atoms with E-state index in [0.29, 0.717) is 6.61 Å². The summed E-state index contributed by atoms with van der Waals surface area (Å²) in [6, 6.07) is 12.1. The zero-order valence-corrected chi connectivity index (χ0v) is 11.6. The lowest BCUT2D eigenvalue weighted by Gasteiger charge is -2.06. The maximum absolute atomic E-state index is 5.77. The number of nitrogens with zero attached hydrogens (tertiary/aromatic N) is 2. The van der Waals surface area contributed by atoms with Gasteiger partial charge in [0, 0.05) is 18.9 Å². The highest BCUT2D eigenvalue weighted by atomic mass is 16.5. The van der Waals surface area contributed by atoms with Crippen LogP contribution < -0.4 is 10.1 Å². The molecule has 2 aromatic heterocycles. The number of aryl methyl sites for hydroxylation is 1. The fraction of sp³-hybridized carbons (Fsp3) is 0.188. The molecule has 0 spiro atoms. The fourth-order valence-corrected chi connectivity index (χ4v) is 2.10. The zero-order chi connectivity index (χ0) is 13.9. The topological polar surface area (TPSA) is 38.6 Å². The smallest absolute Gasteiger partial charge is 0.151 e. The van der Waals surface area contributed by atoms with Gasteiger partial charge in [0.1, 0.15) is 12.4 Å². The van der Waals surface area contributed by atoms with Crippen molar-refractivity contribution >= 4 is 11.2 Å². The highest BCUT2D eigenvalue weighted by Gasteiger charge is 2.05. The minimum atomic E-state index is 0.454. The zero-order valence-electron chi connectivity index (χ0n) is 11.6. The van der Waals surface area contributed by atoms with Gasteiger partial charge in [-0.1, -0.05) is 17.7 Å². The van der Waals surface area contributed by atoms with Gasteiger partial charge in [-0.2, -0.15) is 0 Å². The molecule has 3 rings (SSSR count). The Labute approximate surface area is 118 Å². The Hall–Kier alpha value is -2.49. The van der Waals surface area contributed by atoms with Gasteiger partial charge < -0.3 is 14.5 Å². The molecule has 4 nitrogen and oxygen atoms in total. The molecule has 0 aliphatic heterocycles. The normalized spacial score (nSPS) is 10.7. The van der Waals surface area contributed by atoms with Crippen LogP contribution in [0.4, 0.5) is 5.69 Å². The molecule has 102 valence electrons. The molecule has 0 unspecified atom stereocenters. The van der Waals surface area contributed by atoms with E-state index in [1.807, 2.05) is 54.2 Å². The molecule has 4 heteroatoms. The number of fused-ring (bicyclic) bond motifs is 1. The number of ether oxygens (including phenoxy) is 1. The molecule has 1 N–H and O–H groups in total. The largest absolute Gasteiger partial charge is 0.486 e. The molecule has 20 heavy (non-hydrogen) atoms. The number of hydrogen-bond acceptors (Lipinski definition) is 3. The molecular weight excluding hydrogens is 250 g/mol. The van der Waals surface area contributed by atoms with E-state index in [-0.39, 0.29) is 0 Å². The van der Waals surface area contributed by atoms with Crippen molar-refractivity contribution in [3.8, 4) is 5.75 Å². The van der Waals surface area contributed by atoms with Crippen LogP contribution in [0.5, 0.6) is 5.75 Å². The van der Waals surface area contributed by atoms with Crippen molar-refractivity contribution < 1.29 is 4.74 Å². The van der Waals surface area contributed by atoms with E-state index < -0.39 is 0 Å². The van der Waals surface area contributed by atoms with Crippen LogP contribution in [0.25, 0.3) is 5.52 Å². The molecular formula is C16H17N3O. The number of benzene rings is 1. The second-order valence-corrected chi connectivity index (χ2v) is 4.74. The highest BCUT2D eigenvalue weighted by Crippen LogP contribution is 2.16. The van der Waals surface area contributed by atoms with E-state index in [1.54, 1.807) is 0 Å². The summed E-state index contributed by atoms with van der Waals surface area (Å²) in [5, 5.41) is 3.12. The third kappa shape index (κ3) is 2.45. The number of pyridine rings is 1. The van der Waals surface area contributed by atoms with Crippen molar-refractivity contribution in [1.29, 1.82) is 0 Å². The monoisotopic (exact) mass is 267 g/mol. The summed E-state index contributed by atoms with van der Waals surface area (Å²) in [5.74, 6) is 1.75. The Morgan fingerprint density at radius 3 is 2.75 bits per heavy atom. The molecule has 0 atom stereocenters. The van der Waals surface area contributed by atoms with Gasteiger partial charge >= 0.3 is 0 Å². The predicted octanol–water partition coefficient (Wildman–Crippen LogP) is 3.26. The van der Waals surface area contributed by atoms with E-state index in [4.69, 9.17) is 4.74 Å². The molecule has 0 fully saturated rings. The molecule has 1 aromatic carbocycles. The number of imidazole rings is 1. The number of anilines is 1. The molecule has 2 heterocycles. The van der Waals surface area contributed by atoms with Crippen LogP contribution in [0.15, 0.2) is 48.8 Å². The van der Waals surface area contributed by atoms with Crippen LogP contribution in [0.2, 0.25) is 0 Å². The molecule has 0 saturated carbocycles. The Kier molecular flexibility index (Phi) is 3.29. The van der Waals surface area contributed by atoms with Gasteiger partial charge in [-0.25, -0.2) is 4.98 Å². The van der Waals surface area contributed by atoms with Crippen LogP contribution in [0.3, 0.4) is 0 Å². The first kappa shape index (κ1) is 12.5. The number of nitrogens with one attached hydrogen (secondary N) is 1. The maximum atomic E-state index is 5.77. The van der Waals surface area contributed by atoms with Gasteiger partial charge in [0.2, 0.25) is 0 Å². The maximum Gasteiger partial charge on any atom is 0.151 e. The summed E-state index contributed by atoms with van der Waals surface area (Å²) in [7, 11) is 1.91. The first-order valence-electron chi connectivity index (χ1n) is 6.59.